The second-order valence-electron chi connectivity index (χ2n) is 7.50. The zero-order valence-corrected chi connectivity index (χ0v) is 19.1. The highest BCUT2D eigenvalue weighted by atomic mass is 32.2. The number of hydrogen-bond acceptors (Lipinski definition) is 7. The van der Waals surface area contributed by atoms with Gasteiger partial charge in [0, 0.05) is 29.4 Å². The van der Waals surface area contributed by atoms with Crippen molar-refractivity contribution in [2.75, 3.05) is 10.0 Å². The molecule has 0 saturated heterocycles. The topological polar surface area (TPSA) is 128 Å². The molecule has 2 aromatic carbocycles. The van der Waals surface area contributed by atoms with Gasteiger partial charge in [-0.1, -0.05) is 6.07 Å². The van der Waals surface area contributed by atoms with Crippen LogP contribution in [0.25, 0.3) is 11.0 Å². The van der Waals surface area contributed by atoms with Crippen molar-refractivity contribution in [2.45, 2.75) is 24.8 Å². The predicted molar refractivity (Wildman–Crippen MR) is 127 cm³/mol. The number of benzene rings is 2. The van der Waals surface area contributed by atoms with E-state index in [9.17, 15) is 18.0 Å². The Balaban J connectivity index is 1.41. The first-order valence-electron chi connectivity index (χ1n) is 10.3. The van der Waals surface area contributed by atoms with Gasteiger partial charge in [-0.25, -0.2) is 18.2 Å². The van der Waals surface area contributed by atoms with Crippen molar-refractivity contribution in [1.29, 1.82) is 0 Å². The molecule has 10 heteroatoms. The van der Waals surface area contributed by atoms with E-state index in [0.29, 0.717) is 17.0 Å². The molecule has 1 unspecified atom stereocenters. The van der Waals surface area contributed by atoms with Gasteiger partial charge in [0.2, 0.25) is 0 Å². The Morgan fingerprint density at radius 2 is 1.82 bits per heavy atom. The molecule has 0 saturated carbocycles. The molecule has 1 amide bonds. The minimum absolute atomic E-state index is 0.0217. The first-order chi connectivity index (χ1) is 16.2. The van der Waals surface area contributed by atoms with E-state index in [0.717, 1.165) is 10.9 Å². The molecule has 0 fully saturated rings. The molecular weight excluding hydrogens is 458 g/mol. The number of nitrogens with zero attached hydrogens (tertiary/aromatic N) is 1. The average molecular weight is 480 g/mol. The minimum atomic E-state index is -3.82. The third kappa shape index (κ3) is 5.24. The number of fused-ring (bicyclic) bond motifs is 1. The lowest BCUT2D eigenvalue weighted by Gasteiger charge is -2.15. The fraction of sp³-hybridized carbons (Fsp3) is 0.125. The van der Waals surface area contributed by atoms with Crippen LogP contribution in [0.1, 0.15) is 12.5 Å². The van der Waals surface area contributed by atoms with E-state index in [2.05, 4.69) is 15.0 Å². The van der Waals surface area contributed by atoms with E-state index >= 15 is 0 Å². The highest BCUT2D eigenvalue weighted by Gasteiger charge is 2.18. The summed E-state index contributed by atoms with van der Waals surface area (Å²) in [4.78, 5) is 28.1. The number of nitrogens with one attached hydrogen (secondary N) is 2. The van der Waals surface area contributed by atoms with Gasteiger partial charge in [-0.15, -0.1) is 0 Å². The Morgan fingerprint density at radius 3 is 2.53 bits per heavy atom. The lowest BCUT2D eigenvalue weighted by Crippen LogP contribution is -2.30. The van der Waals surface area contributed by atoms with Gasteiger partial charge in [0.15, 0.2) is 6.10 Å². The highest BCUT2D eigenvalue weighted by molar-refractivity contribution is 7.92. The van der Waals surface area contributed by atoms with E-state index in [1.807, 2.05) is 0 Å². The summed E-state index contributed by atoms with van der Waals surface area (Å²) in [5.41, 5.74) is 1.08. The largest absolute Gasteiger partial charge is 0.481 e. The summed E-state index contributed by atoms with van der Waals surface area (Å²) in [5, 5.41) is 3.46. The third-order valence-electron chi connectivity index (χ3n) is 4.94. The molecule has 174 valence electrons. The maximum Gasteiger partial charge on any atom is 0.336 e. The maximum atomic E-state index is 12.6. The normalized spacial score (nSPS) is 12.2. The summed E-state index contributed by atoms with van der Waals surface area (Å²) in [6.45, 7) is 3.38. The van der Waals surface area contributed by atoms with Crippen LogP contribution in [0.2, 0.25) is 0 Å². The monoisotopic (exact) mass is 479 g/mol. The number of anilines is 2. The molecule has 2 heterocycles. The van der Waals surface area contributed by atoms with Crippen molar-refractivity contribution >= 4 is 38.4 Å². The number of amides is 1. The van der Waals surface area contributed by atoms with Gasteiger partial charge in [0.05, 0.1) is 4.90 Å². The molecule has 2 N–H and O–H groups in total. The average Bonchev–Trinajstić information content (AvgIpc) is 2.79. The van der Waals surface area contributed by atoms with Crippen LogP contribution in [0.3, 0.4) is 0 Å². The van der Waals surface area contributed by atoms with Gasteiger partial charge in [0.25, 0.3) is 15.9 Å². The van der Waals surface area contributed by atoms with E-state index in [4.69, 9.17) is 9.15 Å². The number of aromatic nitrogens is 1. The van der Waals surface area contributed by atoms with Crippen LogP contribution in [0.4, 0.5) is 11.5 Å². The molecule has 0 aliphatic carbocycles. The van der Waals surface area contributed by atoms with Gasteiger partial charge in [0.1, 0.15) is 17.2 Å². The van der Waals surface area contributed by atoms with Crippen LogP contribution in [0, 0.1) is 6.92 Å². The van der Waals surface area contributed by atoms with E-state index < -0.39 is 27.7 Å². The smallest absolute Gasteiger partial charge is 0.336 e. The molecular formula is C24H21N3O6S. The Morgan fingerprint density at radius 1 is 1.06 bits per heavy atom. The fourth-order valence-electron chi connectivity index (χ4n) is 3.22. The molecule has 0 aliphatic rings. The number of sulfonamides is 1. The van der Waals surface area contributed by atoms with Crippen LogP contribution in [-0.4, -0.2) is 25.4 Å². The van der Waals surface area contributed by atoms with E-state index in [-0.39, 0.29) is 10.7 Å². The molecule has 9 nitrogen and oxygen atoms in total. The SMILES string of the molecule is Cc1cc(=O)oc2cc(OC(C)C(=O)Nc3ccc(S(=O)(=O)Nc4ccccn4)cc3)ccc12. The molecule has 34 heavy (non-hydrogen) atoms. The molecule has 2 aromatic heterocycles. The Hall–Kier alpha value is -4.18. The van der Waals surface area contributed by atoms with Crippen LogP contribution in [0.5, 0.6) is 5.75 Å². The molecule has 4 aromatic rings. The second-order valence-corrected chi connectivity index (χ2v) is 9.18. The predicted octanol–water partition coefficient (Wildman–Crippen LogP) is 3.70. The number of aryl methyl sites for hydroxylation is 1. The van der Waals surface area contributed by atoms with Crippen LogP contribution in [-0.2, 0) is 14.8 Å². The summed E-state index contributed by atoms with van der Waals surface area (Å²) < 4.78 is 38.3. The van der Waals surface area contributed by atoms with E-state index in [1.165, 1.54) is 42.6 Å². The summed E-state index contributed by atoms with van der Waals surface area (Å²) in [6.07, 6.45) is 0.609. The summed E-state index contributed by atoms with van der Waals surface area (Å²) in [5.74, 6) is 0.132. The highest BCUT2D eigenvalue weighted by Crippen LogP contribution is 2.23. The van der Waals surface area contributed by atoms with Crippen molar-refractivity contribution in [2.24, 2.45) is 0 Å². The summed E-state index contributed by atoms with van der Waals surface area (Å²) in [7, 11) is -3.82. The number of ether oxygens (including phenoxy) is 1. The van der Waals surface area contributed by atoms with E-state index in [1.54, 1.807) is 44.2 Å². The third-order valence-corrected chi connectivity index (χ3v) is 6.31. The fourth-order valence-corrected chi connectivity index (χ4v) is 4.23. The molecule has 0 radical (unpaired) electrons. The van der Waals surface area contributed by atoms with Gasteiger partial charge in [-0.2, -0.15) is 0 Å². The quantitative estimate of drug-likeness (QED) is 0.387. The standard InChI is InChI=1S/C24H21N3O6S/c1-15-13-23(28)33-21-14-18(8-11-20(15)21)32-16(2)24(29)26-17-6-9-19(10-7-17)34(30,31)27-22-5-3-4-12-25-22/h3-14,16H,1-2H3,(H,25,27)(H,26,29). The van der Waals surface area contributed by atoms with Crippen molar-refractivity contribution < 1.29 is 22.4 Å². The zero-order valence-electron chi connectivity index (χ0n) is 18.3. The van der Waals surface area contributed by atoms with Crippen LogP contribution in [0.15, 0.2) is 87.0 Å². The number of hydrogen-bond donors (Lipinski definition) is 2. The lowest BCUT2D eigenvalue weighted by molar-refractivity contribution is -0.122. The van der Waals surface area contributed by atoms with Crippen LogP contribution >= 0.6 is 0 Å². The zero-order chi connectivity index (χ0) is 24.3. The Bertz CT molecular complexity index is 1500. The summed E-state index contributed by atoms with van der Waals surface area (Å²) in [6, 6.07) is 17.0. The van der Waals surface area contributed by atoms with Gasteiger partial charge < -0.3 is 14.5 Å². The van der Waals surface area contributed by atoms with Gasteiger partial charge in [-0.3, -0.25) is 9.52 Å². The molecule has 1 atom stereocenters. The van der Waals surface area contributed by atoms with Crippen LogP contribution < -0.4 is 20.4 Å². The van der Waals surface area contributed by atoms with Gasteiger partial charge >= 0.3 is 5.63 Å². The van der Waals surface area contributed by atoms with Crippen molar-refractivity contribution in [1.82, 2.24) is 4.98 Å². The number of pyridine rings is 1. The Kier molecular flexibility index (Phi) is 6.33. The molecule has 0 bridgehead atoms. The minimum Gasteiger partial charge on any atom is -0.481 e. The lowest BCUT2D eigenvalue weighted by atomic mass is 10.1. The first kappa shape index (κ1) is 23.0. The van der Waals surface area contributed by atoms with Crippen molar-refractivity contribution in [3.63, 3.8) is 0 Å². The Labute approximate surface area is 195 Å². The first-order valence-corrected chi connectivity index (χ1v) is 11.8. The number of carbonyl (C=O) groups excluding carboxylic acids is 1. The van der Waals surface area contributed by atoms with Crippen molar-refractivity contribution in [3.05, 3.63) is 88.9 Å². The molecule has 4 rings (SSSR count). The number of rotatable bonds is 7. The summed E-state index contributed by atoms with van der Waals surface area (Å²) >= 11 is 0. The second kappa shape index (κ2) is 9.36. The molecule has 0 spiro atoms. The maximum absolute atomic E-state index is 12.6. The van der Waals surface area contributed by atoms with Gasteiger partial charge in [-0.05, 0) is 67.9 Å². The van der Waals surface area contributed by atoms with Crippen molar-refractivity contribution in [3.8, 4) is 5.75 Å². The molecule has 0 aliphatic heterocycles. The number of carbonyl (C=O) groups is 1.